The molecule has 0 aliphatic rings. The lowest BCUT2D eigenvalue weighted by atomic mass is 10.1. The van der Waals surface area contributed by atoms with E-state index in [2.05, 4.69) is 5.32 Å². The van der Waals surface area contributed by atoms with Crippen LogP contribution < -0.4 is 9.62 Å². The van der Waals surface area contributed by atoms with Crippen molar-refractivity contribution in [3.05, 3.63) is 94.5 Å². The highest BCUT2D eigenvalue weighted by Gasteiger charge is 2.33. The SMILES string of the molecule is CC[C@H](C)NC(=O)[C@H](C)N(Cc1ccccc1Cl)C(=O)CN(c1ccccc1C)S(=O)(=O)c1ccc(C)cc1. The number of amides is 2. The van der Waals surface area contributed by atoms with Crippen molar-refractivity contribution in [2.45, 2.75) is 64.6 Å². The van der Waals surface area contributed by atoms with Crippen LogP contribution in [-0.4, -0.2) is 43.8 Å². The summed E-state index contributed by atoms with van der Waals surface area (Å²) in [7, 11) is -4.11. The maximum Gasteiger partial charge on any atom is 0.264 e. The van der Waals surface area contributed by atoms with Crippen LogP contribution in [0.15, 0.2) is 77.7 Å². The van der Waals surface area contributed by atoms with Crippen LogP contribution >= 0.6 is 11.6 Å². The average Bonchev–Trinajstić information content (AvgIpc) is 2.91. The van der Waals surface area contributed by atoms with Gasteiger partial charge in [0.25, 0.3) is 10.0 Å². The molecule has 0 bridgehead atoms. The van der Waals surface area contributed by atoms with Gasteiger partial charge in [0.05, 0.1) is 10.6 Å². The monoisotopic (exact) mass is 569 g/mol. The lowest BCUT2D eigenvalue weighted by Crippen LogP contribution is -2.52. The van der Waals surface area contributed by atoms with Gasteiger partial charge in [-0.1, -0.05) is 72.6 Å². The number of benzene rings is 3. The molecule has 0 heterocycles. The average molecular weight is 570 g/mol. The van der Waals surface area contributed by atoms with Crippen LogP contribution in [0.1, 0.15) is 43.9 Å². The van der Waals surface area contributed by atoms with Gasteiger partial charge in [0.1, 0.15) is 12.6 Å². The Morgan fingerprint density at radius 2 is 1.54 bits per heavy atom. The number of anilines is 1. The second-order valence-corrected chi connectivity index (χ2v) is 12.0. The fourth-order valence-corrected chi connectivity index (χ4v) is 5.73. The van der Waals surface area contributed by atoms with Crippen molar-refractivity contribution in [2.75, 3.05) is 10.8 Å². The van der Waals surface area contributed by atoms with Gasteiger partial charge in [0.15, 0.2) is 0 Å². The van der Waals surface area contributed by atoms with Gasteiger partial charge >= 0.3 is 0 Å². The molecule has 0 unspecified atom stereocenters. The number of rotatable bonds is 11. The Labute approximate surface area is 236 Å². The Balaban J connectivity index is 2.05. The number of para-hydroxylation sites is 1. The fraction of sp³-hybridized carbons (Fsp3) is 0.333. The van der Waals surface area contributed by atoms with Gasteiger partial charge in [0.2, 0.25) is 11.8 Å². The molecule has 9 heteroatoms. The van der Waals surface area contributed by atoms with Crippen LogP contribution in [0.5, 0.6) is 0 Å². The van der Waals surface area contributed by atoms with Crippen LogP contribution in [0.25, 0.3) is 0 Å². The Bertz CT molecular complexity index is 1410. The minimum atomic E-state index is -4.11. The first kappa shape index (κ1) is 30.2. The standard InChI is InChI=1S/C30H36ClN3O4S/c1-6-23(4)32-30(36)24(5)33(19-25-12-8-9-13-27(25)31)29(35)20-34(28-14-10-7-11-22(28)3)39(37,38)26-17-15-21(2)16-18-26/h7-18,23-24H,6,19-20H2,1-5H3,(H,32,36)/t23-,24-/m0/s1. The lowest BCUT2D eigenvalue weighted by molar-refractivity contribution is -0.139. The van der Waals surface area contributed by atoms with Gasteiger partial charge < -0.3 is 10.2 Å². The molecule has 208 valence electrons. The molecule has 1 N–H and O–H groups in total. The van der Waals surface area contributed by atoms with Gasteiger partial charge in [-0.05, 0) is 69.5 Å². The molecular formula is C30H36ClN3O4S. The smallest absolute Gasteiger partial charge is 0.264 e. The number of sulfonamides is 1. The summed E-state index contributed by atoms with van der Waals surface area (Å²) in [5, 5.41) is 3.37. The fourth-order valence-electron chi connectivity index (χ4n) is 4.05. The van der Waals surface area contributed by atoms with Gasteiger partial charge in [-0.2, -0.15) is 0 Å². The van der Waals surface area contributed by atoms with E-state index in [-0.39, 0.29) is 23.4 Å². The van der Waals surface area contributed by atoms with E-state index in [0.29, 0.717) is 21.8 Å². The molecule has 2 amide bonds. The second kappa shape index (κ2) is 13.1. The zero-order valence-electron chi connectivity index (χ0n) is 23.0. The summed E-state index contributed by atoms with van der Waals surface area (Å²) < 4.78 is 28.9. The summed E-state index contributed by atoms with van der Waals surface area (Å²) in [4.78, 5) is 28.6. The maximum atomic E-state index is 14.0. The highest BCUT2D eigenvalue weighted by atomic mass is 35.5. The van der Waals surface area contributed by atoms with Crippen LogP contribution in [0.4, 0.5) is 5.69 Å². The molecule has 0 saturated heterocycles. The van der Waals surface area contributed by atoms with Crippen molar-refractivity contribution < 1.29 is 18.0 Å². The van der Waals surface area contributed by atoms with Gasteiger partial charge in [0, 0.05) is 17.6 Å². The van der Waals surface area contributed by atoms with Gasteiger partial charge in [-0.25, -0.2) is 8.42 Å². The van der Waals surface area contributed by atoms with Crippen molar-refractivity contribution in [3.8, 4) is 0 Å². The van der Waals surface area contributed by atoms with E-state index in [1.807, 2.05) is 26.8 Å². The van der Waals surface area contributed by atoms with Crippen molar-refractivity contribution in [3.63, 3.8) is 0 Å². The number of hydrogen-bond acceptors (Lipinski definition) is 4. The zero-order chi connectivity index (χ0) is 28.7. The predicted molar refractivity (Wildman–Crippen MR) is 156 cm³/mol. The Morgan fingerprint density at radius 1 is 0.923 bits per heavy atom. The first-order chi connectivity index (χ1) is 18.4. The molecule has 0 aliphatic carbocycles. The topological polar surface area (TPSA) is 86.8 Å². The lowest BCUT2D eigenvalue weighted by Gasteiger charge is -2.33. The molecule has 0 fully saturated rings. The summed E-state index contributed by atoms with van der Waals surface area (Å²) in [6, 6.07) is 19.6. The van der Waals surface area contributed by atoms with E-state index >= 15 is 0 Å². The van der Waals surface area contributed by atoms with Crippen molar-refractivity contribution in [1.82, 2.24) is 10.2 Å². The molecule has 2 atom stereocenters. The minimum absolute atomic E-state index is 0.0415. The third-order valence-corrected chi connectivity index (χ3v) is 8.88. The quantitative estimate of drug-likeness (QED) is 0.331. The van der Waals surface area contributed by atoms with Crippen LogP contribution in [0.2, 0.25) is 5.02 Å². The van der Waals surface area contributed by atoms with Crippen molar-refractivity contribution in [1.29, 1.82) is 0 Å². The molecule has 7 nitrogen and oxygen atoms in total. The molecule has 0 radical (unpaired) electrons. The van der Waals surface area contributed by atoms with Crippen molar-refractivity contribution in [2.24, 2.45) is 0 Å². The molecular weight excluding hydrogens is 534 g/mol. The van der Waals surface area contributed by atoms with E-state index < -0.39 is 28.5 Å². The third-order valence-electron chi connectivity index (χ3n) is 6.74. The summed E-state index contributed by atoms with van der Waals surface area (Å²) in [6.45, 7) is 8.70. The van der Waals surface area contributed by atoms with E-state index in [9.17, 15) is 18.0 Å². The number of aryl methyl sites for hydroxylation is 2. The number of nitrogens with zero attached hydrogens (tertiary/aromatic N) is 2. The molecule has 3 rings (SSSR count). The maximum absolute atomic E-state index is 14.0. The van der Waals surface area contributed by atoms with Crippen LogP contribution in [0.3, 0.4) is 0 Å². The zero-order valence-corrected chi connectivity index (χ0v) is 24.6. The summed E-state index contributed by atoms with van der Waals surface area (Å²) in [6.07, 6.45) is 0.729. The first-order valence-electron chi connectivity index (χ1n) is 12.9. The minimum Gasteiger partial charge on any atom is -0.352 e. The second-order valence-electron chi connectivity index (χ2n) is 9.72. The molecule has 0 aromatic heterocycles. The third kappa shape index (κ3) is 7.40. The van der Waals surface area contributed by atoms with E-state index in [4.69, 9.17) is 11.6 Å². The van der Waals surface area contributed by atoms with E-state index in [1.165, 1.54) is 17.0 Å². The predicted octanol–water partition coefficient (Wildman–Crippen LogP) is 5.48. The summed E-state index contributed by atoms with van der Waals surface area (Å²) in [5.41, 5.74) is 2.65. The van der Waals surface area contributed by atoms with Crippen molar-refractivity contribution >= 4 is 39.1 Å². The Hall–Kier alpha value is -3.36. The van der Waals surface area contributed by atoms with Gasteiger partial charge in [-0.3, -0.25) is 13.9 Å². The van der Waals surface area contributed by atoms with Crippen LogP contribution in [0, 0.1) is 13.8 Å². The Kier molecular flexibility index (Phi) is 10.2. The van der Waals surface area contributed by atoms with Gasteiger partial charge in [-0.15, -0.1) is 0 Å². The molecule has 39 heavy (non-hydrogen) atoms. The molecule has 0 saturated carbocycles. The van der Waals surface area contributed by atoms with E-state index in [1.54, 1.807) is 68.4 Å². The normalized spacial score (nSPS) is 12.9. The number of halogens is 1. The highest BCUT2D eigenvalue weighted by Crippen LogP contribution is 2.28. The highest BCUT2D eigenvalue weighted by molar-refractivity contribution is 7.92. The molecule has 0 spiro atoms. The number of carbonyl (C=O) groups excluding carboxylic acids is 2. The molecule has 3 aromatic rings. The number of carbonyl (C=O) groups is 2. The number of hydrogen-bond donors (Lipinski definition) is 1. The van der Waals surface area contributed by atoms with E-state index in [0.717, 1.165) is 16.3 Å². The van der Waals surface area contributed by atoms with Crippen LogP contribution in [-0.2, 0) is 26.2 Å². The summed E-state index contributed by atoms with van der Waals surface area (Å²) in [5.74, 6) is -0.853. The summed E-state index contributed by atoms with van der Waals surface area (Å²) >= 11 is 6.41. The first-order valence-corrected chi connectivity index (χ1v) is 14.8. The molecule has 3 aromatic carbocycles. The number of nitrogens with one attached hydrogen (secondary N) is 1. The largest absolute Gasteiger partial charge is 0.352 e. The Morgan fingerprint density at radius 3 is 2.15 bits per heavy atom. The molecule has 0 aliphatic heterocycles.